The van der Waals surface area contributed by atoms with Gasteiger partial charge in [-0.05, 0) is 69.4 Å². The summed E-state index contributed by atoms with van der Waals surface area (Å²) in [5.74, 6) is 0.0488. The summed E-state index contributed by atoms with van der Waals surface area (Å²) in [6.45, 7) is 12.9. The van der Waals surface area contributed by atoms with Gasteiger partial charge in [0.1, 0.15) is 0 Å². The first kappa shape index (κ1) is 14.1. The molecule has 0 aliphatic carbocycles. The molecule has 0 radical (unpaired) electrons. The predicted molar refractivity (Wildman–Crippen MR) is 76.7 cm³/mol. The number of hydrogen-bond acceptors (Lipinski definition) is 2. The average molecular weight is 261 g/mol. The van der Waals surface area contributed by atoms with Gasteiger partial charge in [-0.3, -0.25) is 4.79 Å². The zero-order valence-corrected chi connectivity index (χ0v) is 12.7. The van der Waals surface area contributed by atoms with Crippen molar-refractivity contribution in [2.75, 3.05) is 13.1 Å². The first-order valence-corrected chi connectivity index (χ1v) is 6.74. The molecule has 1 aromatic rings. The second kappa shape index (κ2) is 4.34. The highest BCUT2D eigenvalue weighted by Gasteiger charge is 2.40. The summed E-state index contributed by atoms with van der Waals surface area (Å²) in [6.07, 6.45) is 0. The summed E-state index contributed by atoms with van der Waals surface area (Å²) < 4.78 is 0. The average Bonchev–Trinajstić information content (AvgIpc) is 2.31. The van der Waals surface area contributed by atoms with Gasteiger partial charge in [0.2, 0.25) is 0 Å². The minimum atomic E-state index is -0.716. The lowest BCUT2D eigenvalue weighted by atomic mass is 9.87. The Morgan fingerprint density at radius 1 is 0.947 bits per heavy atom. The monoisotopic (exact) mass is 261 g/mol. The van der Waals surface area contributed by atoms with Crippen molar-refractivity contribution in [3.63, 3.8) is 0 Å². The van der Waals surface area contributed by atoms with Crippen LogP contribution in [0.15, 0.2) is 0 Å². The fourth-order valence-electron chi connectivity index (χ4n) is 2.90. The molecule has 1 N–H and O–H groups in total. The molecule has 104 valence electrons. The lowest BCUT2D eigenvalue weighted by molar-refractivity contribution is -0.0669. The lowest BCUT2D eigenvalue weighted by Crippen LogP contribution is -2.61. The normalized spacial score (nSPS) is 17.3. The molecule has 2 rings (SSSR count). The van der Waals surface area contributed by atoms with Crippen LogP contribution >= 0.6 is 0 Å². The Balaban J connectivity index is 2.44. The lowest BCUT2D eigenvalue weighted by Gasteiger charge is -2.44. The van der Waals surface area contributed by atoms with Gasteiger partial charge >= 0.3 is 0 Å². The van der Waals surface area contributed by atoms with E-state index in [1.165, 1.54) is 16.7 Å². The number of carbonyl (C=O) groups is 1. The number of amides is 1. The molecule has 0 saturated carbocycles. The molecule has 1 fully saturated rings. The van der Waals surface area contributed by atoms with Crippen LogP contribution in [0.1, 0.15) is 45.1 Å². The van der Waals surface area contributed by atoms with Gasteiger partial charge in [0, 0.05) is 5.56 Å². The molecule has 1 aliphatic rings. The zero-order valence-electron chi connectivity index (χ0n) is 12.7. The Labute approximate surface area is 115 Å². The molecule has 1 aromatic carbocycles. The van der Waals surface area contributed by atoms with E-state index in [2.05, 4.69) is 20.8 Å². The summed E-state index contributed by atoms with van der Waals surface area (Å²) in [4.78, 5) is 14.3. The maximum absolute atomic E-state index is 12.6. The Kier molecular flexibility index (Phi) is 3.21. The maximum atomic E-state index is 12.6. The van der Waals surface area contributed by atoms with Gasteiger partial charge < -0.3 is 10.0 Å². The van der Waals surface area contributed by atoms with Crippen LogP contribution in [0.3, 0.4) is 0 Å². The second-order valence-corrected chi connectivity index (χ2v) is 6.16. The molecule has 1 aliphatic heterocycles. The van der Waals surface area contributed by atoms with Gasteiger partial charge in [-0.25, -0.2) is 0 Å². The molecule has 0 spiro atoms. The van der Waals surface area contributed by atoms with Crippen LogP contribution in [0.5, 0.6) is 0 Å². The van der Waals surface area contributed by atoms with E-state index >= 15 is 0 Å². The summed E-state index contributed by atoms with van der Waals surface area (Å²) in [5, 5.41) is 9.78. The summed E-state index contributed by atoms with van der Waals surface area (Å²) in [5.41, 5.74) is 5.89. The fourth-order valence-corrected chi connectivity index (χ4v) is 2.90. The molecule has 0 bridgehead atoms. The van der Waals surface area contributed by atoms with E-state index in [1.807, 2.05) is 13.8 Å². The number of nitrogens with zero attached hydrogens (tertiary/aromatic N) is 1. The van der Waals surface area contributed by atoms with Crippen LogP contribution in [0.4, 0.5) is 0 Å². The van der Waals surface area contributed by atoms with Crippen molar-refractivity contribution < 1.29 is 9.90 Å². The van der Waals surface area contributed by atoms with Crippen LogP contribution in [-0.2, 0) is 0 Å². The Morgan fingerprint density at radius 2 is 1.32 bits per heavy atom. The van der Waals surface area contributed by atoms with Crippen LogP contribution in [0, 0.1) is 34.6 Å². The Morgan fingerprint density at radius 3 is 1.68 bits per heavy atom. The number of carbonyl (C=O) groups excluding carboxylic acids is 1. The topological polar surface area (TPSA) is 40.5 Å². The summed E-state index contributed by atoms with van der Waals surface area (Å²) >= 11 is 0. The Bertz CT molecular complexity index is 521. The zero-order chi connectivity index (χ0) is 14.5. The van der Waals surface area contributed by atoms with Gasteiger partial charge in [-0.2, -0.15) is 0 Å². The highest BCUT2D eigenvalue weighted by atomic mass is 16.3. The Hall–Kier alpha value is -1.35. The summed E-state index contributed by atoms with van der Waals surface area (Å²) in [6, 6.07) is 0. The minimum absolute atomic E-state index is 0.0488. The molecule has 19 heavy (non-hydrogen) atoms. The third-order valence-corrected chi connectivity index (χ3v) is 4.56. The maximum Gasteiger partial charge on any atom is 0.254 e. The van der Waals surface area contributed by atoms with Crippen molar-refractivity contribution >= 4 is 5.91 Å². The third kappa shape index (κ3) is 2.16. The number of β-amino-alcohol motifs (C(OH)–C–C–N with tert-alkyl or cyclic N) is 1. The highest BCUT2D eigenvalue weighted by Crippen LogP contribution is 2.29. The first-order chi connectivity index (χ1) is 8.65. The van der Waals surface area contributed by atoms with Gasteiger partial charge in [-0.15, -0.1) is 0 Å². The quantitative estimate of drug-likeness (QED) is 0.843. The van der Waals surface area contributed by atoms with Crippen molar-refractivity contribution in [3.05, 3.63) is 33.4 Å². The second-order valence-electron chi connectivity index (χ2n) is 6.16. The largest absolute Gasteiger partial charge is 0.386 e. The molecule has 0 aromatic heterocycles. The fraction of sp³-hybridized carbons (Fsp3) is 0.562. The van der Waals surface area contributed by atoms with Gasteiger partial charge in [0.25, 0.3) is 5.91 Å². The molecular weight excluding hydrogens is 238 g/mol. The van der Waals surface area contributed by atoms with Gasteiger partial charge in [0.15, 0.2) is 0 Å². The van der Waals surface area contributed by atoms with E-state index in [0.717, 1.165) is 16.7 Å². The molecule has 3 nitrogen and oxygen atoms in total. The third-order valence-electron chi connectivity index (χ3n) is 4.56. The number of aliphatic hydroxyl groups is 1. The van der Waals surface area contributed by atoms with Crippen molar-refractivity contribution in [2.45, 2.75) is 47.1 Å². The smallest absolute Gasteiger partial charge is 0.254 e. The van der Waals surface area contributed by atoms with Crippen LogP contribution in [-0.4, -0.2) is 34.6 Å². The highest BCUT2D eigenvalue weighted by molar-refractivity contribution is 5.98. The van der Waals surface area contributed by atoms with E-state index in [1.54, 1.807) is 11.8 Å². The number of likely N-dealkylation sites (tertiary alicyclic amines) is 1. The minimum Gasteiger partial charge on any atom is -0.386 e. The molecule has 1 saturated heterocycles. The van der Waals surface area contributed by atoms with Crippen LogP contribution in [0.25, 0.3) is 0 Å². The van der Waals surface area contributed by atoms with E-state index in [-0.39, 0.29) is 5.91 Å². The van der Waals surface area contributed by atoms with E-state index in [9.17, 15) is 9.90 Å². The van der Waals surface area contributed by atoms with Crippen molar-refractivity contribution in [3.8, 4) is 0 Å². The van der Waals surface area contributed by atoms with Gasteiger partial charge in [0.05, 0.1) is 18.7 Å². The number of benzene rings is 1. The number of hydrogen-bond donors (Lipinski definition) is 1. The van der Waals surface area contributed by atoms with E-state index in [4.69, 9.17) is 0 Å². The SMILES string of the molecule is Cc1c(C)c(C)c(C(=O)N2CC(C)(O)C2)c(C)c1C. The standard InChI is InChI=1S/C16H23NO2/c1-9-10(2)12(4)14(13(5)11(9)3)15(18)17-7-16(6,19)8-17/h19H,7-8H2,1-6H3. The molecule has 0 atom stereocenters. The molecule has 3 heteroatoms. The van der Waals surface area contributed by atoms with Crippen LogP contribution in [0.2, 0.25) is 0 Å². The summed E-state index contributed by atoms with van der Waals surface area (Å²) in [7, 11) is 0. The van der Waals surface area contributed by atoms with Crippen molar-refractivity contribution in [1.29, 1.82) is 0 Å². The van der Waals surface area contributed by atoms with E-state index < -0.39 is 5.60 Å². The number of rotatable bonds is 1. The molecule has 1 heterocycles. The van der Waals surface area contributed by atoms with Crippen LogP contribution < -0.4 is 0 Å². The first-order valence-electron chi connectivity index (χ1n) is 6.74. The van der Waals surface area contributed by atoms with Crippen molar-refractivity contribution in [2.24, 2.45) is 0 Å². The van der Waals surface area contributed by atoms with Gasteiger partial charge in [-0.1, -0.05) is 0 Å². The molecular formula is C16H23NO2. The van der Waals surface area contributed by atoms with Crippen molar-refractivity contribution in [1.82, 2.24) is 4.90 Å². The predicted octanol–water partition coefficient (Wildman–Crippen LogP) is 2.44. The molecule has 1 amide bonds. The molecule has 0 unspecified atom stereocenters. The van der Waals surface area contributed by atoms with E-state index in [0.29, 0.717) is 13.1 Å².